The van der Waals surface area contributed by atoms with Crippen molar-refractivity contribution in [3.63, 3.8) is 0 Å². The zero-order valence-corrected chi connectivity index (χ0v) is 18.2. The highest BCUT2D eigenvalue weighted by atomic mass is 16.5. The van der Waals surface area contributed by atoms with Gasteiger partial charge in [-0.2, -0.15) is 0 Å². The van der Waals surface area contributed by atoms with E-state index in [-0.39, 0.29) is 23.4 Å². The van der Waals surface area contributed by atoms with Gasteiger partial charge in [0.25, 0.3) is 11.5 Å². The molecule has 4 rings (SSSR count). The fourth-order valence-corrected chi connectivity index (χ4v) is 4.38. The molecule has 1 unspecified atom stereocenters. The number of likely N-dealkylation sites (tertiary alicyclic amines) is 1. The van der Waals surface area contributed by atoms with E-state index >= 15 is 0 Å². The maximum Gasteiger partial charge on any atom is 0.337 e. The standard InChI is InChI=1S/C24H28N2O5/c1-15-8-11-26(19-5-6-19)23(28)21(15)22(27)25-10-9-16(14-25)12-18-13-17(24(29)31-3)4-7-20(18)30-2/h4,7-8,11,13,16,19H,5-6,9-10,12,14H2,1-3H3. The van der Waals surface area contributed by atoms with Gasteiger partial charge in [0.15, 0.2) is 0 Å². The zero-order valence-electron chi connectivity index (χ0n) is 18.2. The van der Waals surface area contributed by atoms with Crippen LogP contribution < -0.4 is 10.3 Å². The number of ether oxygens (including phenoxy) is 2. The van der Waals surface area contributed by atoms with E-state index in [0.717, 1.165) is 30.4 Å². The lowest BCUT2D eigenvalue weighted by atomic mass is 9.96. The van der Waals surface area contributed by atoms with E-state index in [1.165, 1.54) is 7.11 Å². The van der Waals surface area contributed by atoms with E-state index in [1.807, 2.05) is 13.0 Å². The van der Waals surface area contributed by atoms with Gasteiger partial charge in [-0.05, 0) is 73.9 Å². The van der Waals surface area contributed by atoms with E-state index in [0.29, 0.717) is 36.4 Å². The highest BCUT2D eigenvalue weighted by Gasteiger charge is 2.32. The summed E-state index contributed by atoms with van der Waals surface area (Å²) in [7, 11) is 2.96. The number of amides is 1. The quantitative estimate of drug-likeness (QED) is 0.667. The third-order valence-electron chi connectivity index (χ3n) is 6.27. The highest BCUT2D eigenvalue weighted by molar-refractivity contribution is 5.95. The Kier molecular flexibility index (Phi) is 5.85. The molecule has 0 spiro atoms. The molecule has 2 aromatic rings. The van der Waals surface area contributed by atoms with Gasteiger partial charge in [-0.15, -0.1) is 0 Å². The molecule has 164 valence electrons. The van der Waals surface area contributed by atoms with Gasteiger partial charge in [0, 0.05) is 25.3 Å². The summed E-state index contributed by atoms with van der Waals surface area (Å²) in [4.78, 5) is 39.8. The van der Waals surface area contributed by atoms with Gasteiger partial charge in [0.05, 0.1) is 19.8 Å². The number of aromatic nitrogens is 1. The van der Waals surface area contributed by atoms with E-state index in [1.54, 1.807) is 41.0 Å². The number of hydrogen-bond acceptors (Lipinski definition) is 5. The Balaban J connectivity index is 1.51. The van der Waals surface area contributed by atoms with Crippen LogP contribution in [-0.4, -0.2) is 48.7 Å². The van der Waals surface area contributed by atoms with E-state index < -0.39 is 5.97 Å². The molecular formula is C24H28N2O5. The molecule has 0 N–H and O–H groups in total. The summed E-state index contributed by atoms with van der Waals surface area (Å²) < 4.78 is 12.0. The van der Waals surface area contributed by atoms with Crippen LogP contribution in [-0.2, 0) is 11.2 Å². The van der Waals surface area contributed by atoms with Crippen LogP contribution in [0.15, 0.2) is 35.3 Å². The van der Waals surface area contributed by atoms with Crippen LogP contribution in [0.25, 0.3) is 0 Å². The first kappa shape index (κ1) is 21.2. The van der Waals surface area contributed by atoms with Crippen molar-refractivity contribution in [1.82, 2.24) is 9.47 Å². The number of esters is 1. The summed E-state index contributed by atoms with van der Waals surface area (Å²) in [5, 5.41) is 0. The Hall–Kier alpha value is -3.09. The number of rotatable bonds is 6. The van der Waals surface area contributed by atoms with Crippen molar-refractivity contribution in [1.29, 1.82) is 0 Å². The molecule has 2 aliphatic rings. The normalized spacial score (nSPS) is 18.2. The molecule has 2 fully saturated rings. The van der Waals surface area contributed by atoms with Crippen molar-refractivity contribution in [2.45, 2.75) is 38.6 Å². The minimum Gasteiger partial charge on any atom is -0.496 e. The van der Waals surface area contributed by atoms with Gasteiger partial charge >= 0.3 is 5.97 Å². The third kappa shape index (κ3) is 4.22. The molecular weight excluding hydrogens is 396 g/mol. The van der Waals surface area contributed by atoms with Crippen LogP contribution >= 0.6 is 0 Å². The topological polar surface area (TPSA) is 77.8 Å². The lowest BCUT2D eigenvalue weighted by Gasteiger charge is -2.19. The van der Waals surface area contributed by atoms with Gasteiger partial charge in [0.1, 0.15) is 11.3 Å². The van der Waals surface area contributed by atoms with Crippen molar-refractivity contribution < 1.29 is 19.1 Å². The second-order valence-electron chi connectivity index (χ2n) is 8.45. The molecule has 1 aliphatic carbocycles. The summed E-state index contributed by atoms with van der Waals surface area (Å²) in [5.74, 6) is 0.359. The van der Waals surface area contributed by atoms with Gasteiger partial charge in [0.2, 0.25) is 0 Å². The number of nitrogens with zero attached hydrogens (tertiary/aromatic N) is 2. The van der Waals surface area contributed by atoms with Gasteiger partial charge in [-0.3, -0.25) is 9.59 Å². The molecule has 31 heavy (non-hydrogen) atoms. The fraction of sp³-hybridized carbons (Fsp3) is 0.458. The van der Waals surface area contributed by atoms with Crippen LogP contribution in [0.5, 0.6) is 5.75 Å². The van der Waals surface area contributed by atoms with Crippen LogP contribution in [0.3, 0.4) is 0 Å². The average Bonchev–Trinajstić information content (AvgIpc) is 3.50. The molecule has 1 saturated carbocycles. The number of carbonyl (C=O) groups is 2. The summed E-state index contributed by atoms with van der Waals surface area (Å²) in [6.07, 6.45) is 5.31. The van der Waals surface area contributed by atoms with Crippen LogP contribution in [0, 0.1) is 12.8 Å². The molecule has 1 aromatic heterocycles. The molecule has 0 radical (unpaired) electrons. The Morgan fingerprint density at radius 2 is 1.90 bits per heavy atom. The number of hydrogen-bond donors (Lipinski definition) is 0. The van der Waals surface area contributed by atoms with Crippen molar-refractivity contribution in [2.24, 2.45) is 5.92 Å². The van der Waals surface area contributed by atoms with Crippen LogP contribution in [0.1, 0.15) is 57.1 Å². The number of pyridine rings is 1. The third-order valence-corrected chi connectivity index (χ3v) is 6.27. The Morgan fingerprint density at radius 1 is 1.13 bits per heavy atom. The Bertz CT molecular complexity index is 1070. The van der Waals surface area contributed by atoms with Crippen molar-refractivity contribution in [2.75, 3.05) is 27.3 Å². The van der Waals surface area contributed by atoms with Crippen molar-refractivity contribution in [3.05, 3.63) is 63.1 Å². The first-order valence-corrected chi connectivity index (χ1v) is 10.7. The molecule has 7 heteroatoms. The molecule has 7 nitrogen and oxygen atoms in total. The molecule has 0 bridgehead atoms. The van der Waals surface area contributed by atoms with Gasteiger partial charge < -0.3 is 18.9 Å². The second-order valence-corrected chi connectivity index (χ2v) is 8.45. The number of benzene rings is 1. The predicted octanol–water partition coefficient (Wildman–Crippen LogP) is 2.99. The minimum atomic E-state index is -0.390. The molecule has 1 saturated heterocycles. The summed E-state index contributed by atoms with van der Waals surface area (Å²) in [6, 6.07) is 7.35. The minimum absolute atomic E-state index is 0.177. The Morgan fingerprint density at radius 3 is 2.58 bits per heavy atom. The monoisotopic (exact) mass is 424 g/mol. The van der Waals surface area contributed by atoms with Gasteiger partial charge in [-0.1, -0.05) is 0 Å². The Labute approximate surface area is 181 Å². The average molecular weight is 424 g/mol. The first-order chi connectivity index (χ1) is 14.9. The first-order valence-electron chi connectivity index (χ1n) is 10.7. The highest BCUT2D eigenvalue weighted by Crippen LogP contribution is 2.34. The number of aryl methyl sites for hydroxylation is 1. The molecule has 1 atom stereocenters. The maximum absolute atomic E-state index is 13.2. The SMILES string of the molecule is COC(=O)c1ccc(OC)c(CC2CCN(C(=O)c3c(C)ccn(C4CC4)c3=O)C2)c1. The molecule has 1 aromatic carbocycles. The van der Waals surface area contributed by atoms with Crippen molar-refractivity contribution >= 4 is 11.9 Å². The lowest BCUT2D eigenvalue weighted by Crippen LogP contribution is -2.36. The predicted molar refractivity (Wildman–Crippen MR) is 116 cm³/mol. The van der Waals surface area contributed by atoms with Crippen LogP contribution in [0.4, 0.5) is 0 Å². The maximum atomic E-state index is 13.2. The molecule has 1 amide bonds. The van der Waals surface area contributed by atoms with Crippen molar-refractivity contribution in [3.8, 4) is 5.75 Å². The zero-order chi connectivity index (χ0) is 22.1. The molecule has 2 heterocycles. The summed E-state index contributed by atoms with van der Waals surface area (Å²) in [5.41, 5.74) is 2.23. The summed E-state index contributed by atoms with van der Waals surface area (Å²) >= 11 is 0. The lowest BCUT2D eigenvalue weighted by molar-refractivity contribution is 0.0600. The second kappa shape index (κ2) is 8.57. The number of methoxy groups -OCH3 is 2. The van der Waals surface area contributed by atoms with E-state index in [9.17, 15) is 14.4 Å². The number of carbonyl (C=O) groups excluding carboxylic acids is 2. The van der Waals surface area contributed by atoms with Crippen LogP contribution in [0.2, 0.25) is 0 Å². The molecule has 1 aliphatic heterocycles. The summed E-state index contributed by atoms with van der Waals surface area (Å²) in [6.45, 7) is 3.00. The largest absolute Gasteiger partial charge is 0.496 e. The van der Waals surface area contributed by atoms with Gasteiger partial charge in [-0.25, -0.2) is 4.79 Å². The van der Waals surface area contributed by atoms with E-state index in [2.05, 4.69) is 0 Å². The fourth-order valence-electron chi connectivity index (χ4n) is 4.38. The smallest absolute Gasteiger partial charge is 0.337 e. The van der Waals surface area contributed by atoms with E-state index in [4.69, 9.17) is 9.47 Å².